The number of carbonyl (C=O) groups is 3. The summed E-state index contributed by atoms with van der Waals surface area (Å²) in [6, 6.07) is 6.80. The summed E-state index contributed by atoms with van der Waals surface area (Å²) < 4.78 is 0. The highest BCUT2D eigenvalue weighted by Gasteiger charge is 2.36. The second-order valence-electron chi connectivity index (χ2n) is 7.48. The molecule has 3 N–H and O–H groups in total. The summed E-state index contributed by atoms with van der Waals surface area (Å²) >= 11 is 7.25. The molecule has 2 aromatic rings. The van der Waals surface area contributed by atoms with Gasteiger partial charge in [0.25, 0.3) is 5.91 Å². The van der Waals surface area contributed by atoms with Gasteiger partial charge in [-0.3, -0.25) is 14.4 Å². The molecule has 3 rings (SSSR count). The Labute approximate surface area is 184 Å². The molecule has 1 fully saturated rings. The average Bonchev–Trinajstić information content (AvgIpc) is 3.04. The van der Waals surface area contributed by atoms with Crippen LogP contribution in [0.2, 0.25) is 5.02 Å². The van der Waals surface area contributed by atoms with E-state index >= 15 is 0 Å². The summed E-state index contributed by atoms with van der Waals surface area (Å²) in [6.45, 7) is 3.88. The van der Waals surface area contributed by atoms with Gasteiger partial charge in [-0.2, -0.15) is 0 Å². The Morgan fingerprint density at radius 3 is 2.33 bits per heavy atom. The average molecular weight is 449 g/mol. The number of halogens is 1. The first kappa shape index (κ1) is 22.3. The van der Waals surface area contributed by atoms with E-state index in [1.807, 2.05) is 13.8 Å². The molecule has 2 atom stereocenters. The summed E-state index contributed by atoms with van der Waals surface area (Å²) in [7, 11) is 0. The molecule has 6 nitrogen and oxygen atoms in total. The fourth-order valence-corrected chi connectivity index (χ4v) is 5.28. The van der Waals surface area contributed by atoms with Gasteiger partial charge in [0, 0.05) is 15.6 Å². The number of hydrogen-bond donors (Lipinski definition) is 3. The first-order valence-electron chi connectivity index (χ1n) is 10.0. The first-order chi connectivity index (χ1) is 14.3. The molecule has 0 bridgehead atoms. The Hall–Kier alpha value is -2.38. The van der Waals surface area contributed by atoms with Gasteiger partial charge < -0.3 is 15.7 Å². The minimum absolute atomic E-state index is 0.313. The van der Waals surface area contributed by atoms with Crippen LogP contribution in [-0.2, 0) is 16.0 Å². The first-order valence-corrected chi connectivity index (χ1v) is 11.2. The zero-order valence-electron chi connectivity index (χ0n) is 17.0. The van der Waals surface area contributed by atoms with Crippen molar-refractivity contribution < 1.29 is 19.5 Å². The van der Waals surface area contributed by atoms with E-state index in [4.69, 9.17) is 11.6 Å². The number of hydrogen-bond acceptors (Lipinski definition) is 4. The van der Waals surface area contributed by atoms with E-state index in [0.29, 0.717) is 40.5 Å². The van der Waals surface area contributed by atoms with E-state index in [9.17, 15) is 19.5 Å². The van der Waals surface area contributed by atoms with Crippen LogP contribution in [0.3, 0.4) is 0 Å². The number of carbonyl (C=O) groups excluding carboxylic acids is 2. The van der Waals surface area contributed by atoms with Crippen LogP contribution in [0.4, 0.5) is 10.7 Å². The van der Waals surface area contributed by atoms with Gasteiger partial charge in [0.05, 0.1) is 17.4 Å². The maximum atomic E-state index is 13.1. The second kappa shape index (κ2) is 9.62. The van der Waals surface area contributed by atoms with Crippen molar-refractivity contribution in [2.45, 2.75) is 46.0 Å². The van der Waals surface area contributed by atoms with Crippen LogP contribution >= 0.6 is 22.9 Å². The van der Waals surface area contributed by atoms with E-state index in [0.717, 1.165) is 23.3 Å². The second-order valence-corrected chi connectivity index (χ2v) is 9.14. The fourth-order valence-electron chi connectivity index (χ4n) is 4.00. The molecule has 0 aliphatic heterocycles. The summed E-state index contributed by atoms with van der Waals surface area (Å²) in [5.74, 6) is -2.85. The van der Waals surface area contributed by atoms with Crippen molar-refractivity contribution in [3.05, 3.63) is 45.3 Å². The van der Waals surface area contributed by atoms with Crippen LogP contribution in [0, 0.1) is 18.8 Å². The number of thiophene rings is 1. The normalized spacial score (nSPS) is 18.6. The predicted molar refractivity (Wildman–Crippen MR) is 120 cm³/mol. The third-order valence-corrected chi connectivity index (χ3v) is 6.86. The van der Waals surface area contributed by atoms with Gasteiger partial charge >= 0.3 is 5.97 Å². The molecule has 160 valence electrons. The lowest BCUT2D eigenvalue weighted by molar-refractivity contribution is -0.147. The molecule has 1 aromatic carbocycles. The molecular formula is C22H25ClN2O4S. The van der Waals surface area contributed by atoms with Gasteiger partial charge in [-0.1, -0.05) is 31.4 Å². The predicted octanol–water partition coefficient (Wildman–Crippen LogP) is 5.35. The molecular weight excluding hydrogens is 424 g/mol. The topological polar surface area (TPSA) is 95.5 Å². The summed E-state index contributed by atoms with van der Waals surface area (Å²) in [5.41, 5.74) is 1.91. The molecule has 0 spiro atoms. The Morgan fingerprint density at radius 2 is 1.73 bits per heavy atom. The van der Waals surface area contributed by atoms with Crippen molar-refractivity contribution in [1.29, 1.82) is 0 Å². The lowest BCUT2D eigenvalue weighted by Gasteiger charge is -2.27. The van der Waals surface area contributed by atoms with Gasteiger partial charge in [-0.25, -0.2) is 0 Å². The van der Waals surface area contributed by atoms with E-state index < -0.39 is 17.8 Å². The number of benzene rings is 1. The number of amides is 2. The Balaban J connectivity index is 1.86. The monoisotopic (exact) mass is 448 g/mol. The van der Waals surface area contributed by atoms with Crippen molar-refractivity contribution in [2.24, 2.45) is 11.8 Å². The minimum atomic E-state index is -0.938. The molecule has 1 heterocycles. The number of carboxylic acid groups (broad SMARTS) is 1. The number of aryl methyl sites for hydroxylation is 1. The number of rotatable bonds is 6. The van der Waals surface area contributed by atoms with Gasteiger partial charge in [0.2, 0.25) is 5.91 Å². The molecule has 1 saturated carbocycles. The molecule has 1 aromatic heterocycles. The SMILES string of the molecule is CCc1c(C)sc(NC(=O)[C@H]2CCCC[C@@H]2C(=O)O)c1C(=O)Nc1ccc(Cl)cc1. The van der Waals surface area contributed by atoms with E-state index in [1.54, 1.807) is 24.3 Å². The van der Waals surface area contributed by atoms with Crippen molar-refractivity contribution in [3.63, 3.8) is 0 Å². The molecule has 0 saturated heterocycles. The van der Waals surface area contributed by atoms with Gasteiger partial charge in [-0.15, -0.1) is 11.3 Å². The van der Waals surface area contributed by atoms with Crippen LogP contribution < -0.4 is 10.6 Å². The van der Waals surface area contributed by atoms with Crippen LogP contribution in [0.1, 0.15) is 53.4 Å². The maximum absolute atomic E-state index is 13.1. The van der Waals surface area contributed by atoms with Crippen LogP contribution in [-0.4, -0.2) is 22.9 Å². The van der Waals surface area contributed by atoms with Crippen molar-refractivity contribution >= 4 is 51.4 Å². The van der Waals surface area contributed by atoms with Crippen LogP contribution in [0.5, 0.6) is 0 Å². The maximum Gasteiger partial charge on any atom is 0.307 e. The van der Waals surface area contributed by atoms with Crippen LogP contribution in [0.25, 0.3) is 0 Å². The van der Waals surface area contributed by atoms with E-state index in [2.05, 4.69) is 10.6 Å². The highest BCUT2D eigenvalue weighted by molar-refractivity contribution is 7.16. The Bertz CT molecular complexity index is 955. The van der Waals surface area contributed by atoms with Crippen molar-refractivity contribution in [1.82, 2.24) is 0 Å². The van der Waals surface area contributed by atoms with Gasteiger partial charge in [0.15, 0.2) is 0 Å². The van der Waals surface area contributed by atoms with Crippen molar-refractivity contribution in [3.8, 4) is 0 Å². The molecule has 30 heavy (non-hydrogen) atoms. The highest BCUT2D eigenvalue weighted by Crippen LogP contribution is 2.36. The zero-order valence-corrected chi connectivity index (χ0v) is 18.5. The molecule has 1 aliphatic rings. The quantitative estimate of drug-likeness (QED) is 0.554. The Morgan fingerprint density at radius 1 is 1.10 bits per heavy atom. The van der Waals surface area contributed by atoms with Crippen LogP contribution in [0.15, 0.2) is 24.3 Å². The minimum Gasteiger partial charge on any atom is -0.481 e. The summed E-state index contributed by atoms with van der Waals surface area (Å²) in [6.07, 6.45) is 3.33. The fraction of sp³-hybridized carbons (Fsp3) is 0.409. The number of anilines is 2. The number of carboxylic acids is 1. The molecule has 0 unspecified atom stereocenters. The highest BCUT2D eigenvalue weighted by atomic mass is 35.5. The lowest BCUT2D eigenvalue weighted by atomic mass is 9.79. The molecule has 1 aliphatic carbocycles. The number of aliphatic carboxylic acids is 1. The van der Waals surface area contributed by atoms with E-state index in [1.165, 1.54) is 11.3 Å². The third-order valence-electron chi connectivity index (χ3n) is 5.55. The summed E-state index contributed by atoms with van der Waals surface area (Å²) in [4.78, 5) is 38.5. The summed E-state index contributed by atoms with van der Waals surface area (Å²) in [5, 5.41) is 16.3. The molecule has 8 heteroatoms. The van der Waals surface area contributed by atoms with E-state index in [-0.39, 0.29) is 11.8 Å². The lowest BCUT2D eigenvalue weighted by Crippen LogP contribution is -2.36. The molecule has 2 amide bonds. The Kier molecular flexibility index (Phi) is 7.15. The smallest absolute Gasteiger partial charge is 0.307 e. The molecule has 0 radical (unpaired) electrons. The van der Waals surface area contributed by atoms with Crippen molar-refractivity contribution in [2.75, 3.05) is 10.6 Å². The van der Waals surface area contributed by atoms with Gasteiger partial charge in [-0.05, 0) is 56.0 Å². The standard InChI is InChI=1S/C22H25ClN2O4S/c1-3-15-12(2)30-21(18(15)20(27)24-14-10-8-13(23)9-11-14)25-19(26)16-6-4-5-7-17(16)22(28)29/h8-11,16-17H,3-7H2,1-2H3,(H,24,27)(H,25,26)(H,28,29)/t16-,17-/m0/s1. The number of nitrogens with one attached hydrogen (secondary N) is 2. The van der Waals surface area contributed by atoms with Gasteiger partial charge in [0.1, 0.15) is 5.00 Å². The zero-order chi connectivity index (χ0) is 21.8. The largest absolute Gasteiger partial charge is 0.481 e. The third kappa shape index (κ3) is 4.84.